The number of fused-ring (bicyclic) bond motifs is 1. The molecule has 0 radical (unpaired) electrons. The van der Waals surface area contributed by atoms with E-state index in [2.05, 4.69) is 35.8 Å². The maximum atomic E-state index is 11.4. The number of morpholine rings is 1. The van der Waals surface area contributed by atoms with Crippen LogP contribution < -0.4 is 14.4 Å². The van der Waals surface area contributed by atoms with Crippen molar-refractivity contribution in [1.29, 1.82) is 0 Å². The zero-order chi connectivity index (χ0) is 28.1. The number of ether oxygens (including phenoxy) is 3. The highest BCUT2D eigenvalue weighted by Crippen LogP contribution is 2.38. The van der Waals surface area contributed by atoms with Crippen LogP contribution >= 0.6 is 15.9 Å². The molecule has 1 aliphatic heterocycles. The lowest BCUT2D eigenvalue weighted by atomic mass is 10.1. The quantitative estimate of drug-likeness (QED) is 0.136. The van der Waals surface area contributed by atoms with E-state index in [0.29, 0.717) is 35.1 Å². The van der Waals surface area contributed by atoms with E-state index in [1.165, 1.54) is 17.1 Å². The molecule has 1 aliphatic rings. The molecule has 0 atom stereocenters. The van der Waals surface area contributed by atoms with E-state index in [1.54, 1.807) is 14.2 Å². The van der Waals surface area contributed by atoms with Crippen molar-refractivity contribution in [3.63, 3.8) is 0 Å². The number of imidazole rings is 1. The van der Waals surface area contributed by atoms with E-state index in [4.69, 9.17) is 14.2 Å². The second-order valence-corrected chi connectivity index (χ2v) is 10.2. The van der Waals surface area contributed by atoms with E-state index in [1.807, 2.05) is 41.3 Å². The summed E-state index contributed by atoms with van der Waals surface area (Å²) < 4.78 is 19.6. The third kappa shape index (κ3) is 6.16. The van der Waals surface area contributed by atoms with Crippen LogP contribution in [0.2, 0.25) is 0 Å². The van der Waals surface area contributed by atoms with E-state index in [9.17, 15) is 10.1 Å². The number of hydrogen-bond acceptors (Lipinski definition) is 10. The van der Waals surface area contributed by atoms with Gasteiger partial charge in [-0.3, -0.25) is 4.90 Å². The van der Waals surface area contributed by atoms with Crippen molar-refractivity contribution in [3.8, 4) is 11.5 Å². The second-order valence-electron chi connectivity index (χ2n) is 9.31. The Balaban J connectivity index is 1.49. The minimum absolute atomic E-state index is 0.228. The second kappa shape index (κ2) is 12.6. The molecule has 0 N–H and O–H groups in total. The molecular weight excluding hydrogens is 582 g/mol. The monoisotopic (exact) mass is 611 g/mol. The summed E-state index contributed by atoms with van der Waals surface area (Å²) in [5, 5.41) is 12.2. The van der Waals surface area contributed by atoms with Crippen LogP contribution in [0.5, 0.6) is 11.5 Å². The van der Waals surface area contributed by atoms with Gasteiger partial charge in [0.2, 0.25) is 0 Å². The molecule has 0 spiro atoms. The predicted octanol–water partition coefficient (Wildman–Crippen LogP) is 4.48. The summed E-state index contributed by atoms with van der Waals surface area (Å²) >= 11 is 3.56. The number of halogens is 1. The third-order valence-electron chi connectivity index (χ3n) is 6.80. The maximum Gasteiger partial charge on any atom is 0.434 e. The van der Waals surface area contributed by atoms with Gasteiger partial charge in [0.1, 0.15) is 24.0 Å². The van der Waals surface area contributed by atoms with Crippen LogP contribution in [0.15, 0.2) is 53.4 Å². The van der Waals surface area contributed by atoms with Crippen molar-refractivity contribution in [2.75, 3.05) is 51.5 Å². The van der Waals surface area contributed by atoms with Crippen molar-refractivity contribution in [2.45, 2.75) is 13.0 Å². The number of anilines is 2. The van der Waals surface area contributed by atoms with Gasteiger partial charge in [0.25, 0.3) is 0 Å². The van der Waals surface area contributed by atoms with Crippen LogP contribution in [0, 0.1) is 10.1 Å². The molecule has 2 aromatic carbocycles. The van der Waals surface area contributed by atoms with Gasteiger partial charge in [-0.1, -0.05) is 27.0 Å². The first-order valence-corrected chi connectivity index (χ1v) is 13.7. The number of aromatic nitrogens is 4. The van der Waals surface area contributed by atoms with Gasteiger partial charge >= 0.3 is 5.95 Å². The zero-order valence-electron chi connectivity index (χ0n) is 22.3. The van der Waals surface area contributed by atoms with Gasteiger partial charge < -0.3 is 29.2 Å². The van der Waals surface area contributed by atoms with Crippen molar-refractivity contribution in [1.82, 2.24) is 24.4 Å². The lowest BCUT2D eigenvalue weighted by Crippen LogP contribution is -2.37. The standard InChI is InChI=1S/C27H30BrN7O5/c1-32-21(16-29-27(32)35(36)37)17-34(20-6-3-5-19(28)13-20)26-22-14-25(24(38-2)15-23(22)30-18-31-26)40-10-4-7-33-8-11-39-12-9-33/h3,5-6,13-16,18H,4,7-12,17H2,1-2H3. The summed E-state index contributed by atoms with van der Waals surface area (Å²) in [4.78, 5) is 28.4. The van der Waals surface area contributed by atoms with Crippen molar-refractivity contribution in [3.05, 3.63) is 69.2 Å². The van der Waals surface area contributed by atoms with E-state index >= 15 is 0 Å². The summed E-state index contributed by atoms with van der Waals surface area (Å²) in [6.07, 6.45) is 3.87. The fraction of sp³-hybridized carbons (Fsp3) is 0.370. The molecule has 40 heavy (non-hydrogen) atoms. The molecule has 4 aromatic rings. The highest BCUT2D eigenvalue weighted by atomic mass is 79.9. The molecular formula is C27H30BrN7O5. The average molecular weight is 612 g/mol. The molecule has 0 bridgehead atoms. The molecule has 210 valence electrons. The molecule has 5 rings (SSSR count). The Bertz CT molecular complexity index is 1490. The maximum absolute atomic E-state index is 11.4. The van der Waals surface area contributed by atoms with Crippen LogP contribution in [0.1, 0.15) is 12.1 Å². The smallest absolute Gasteiger partial charge is 0.434 e. The van der Waals surface area contributed by atoms with E-state index in [-0.39, 0.29) is 12.5 Å². The summed E-state index contributed by atoms with van der Waals surface area (Å²) in [6, 6.07) is 11.5. The van der Waals surface area contributed by atoms with Gasteiger partial charge in [-0.15, -0.1) is 0 Å². The Labute approximate surface area is 239 Å². The Kier molecular flexibility index (Phi) is 8.72. The topological polar surface area (TPSA) is 121 Å². The molecule has 0 aliphatic carbocycles. The van der Waals surface area contributed by atoms with Gasteiger partial charge in [-0.2, -0.15) is 0 Å². The van der Waals surface area contributed by atoms with Crippen LogP contribution in [0.4, 0.5) is 17.5 Å². The number of nitrogens with zero attached hydrogens (tertiary/aromatic N) is 7. The third-order valence-corrected chi connectivity index (χ3v) is 7.29. The Morgan fingerprint density at radius 1 is 1.15 bits per heavy atom. The normalized spacial score (nSPS) is 13.9. The highest BCUT2D eigenvalue weighted by molar-refractivity contribution is 9.10. The molecule has 3 heterocycles. The van der Waals surface area contributed by atoms with Crippen LogP contribution in [-0.4, -0.2) is 75.9 Å². The van der Waals surface area contributed by atoms with Crippen LogP contribution in [0.3, 0.4) is 0 Å². The van der Waals surface area contributed by atoms with Gasteiger partial charge in [0.05, 0.1) is 46.0 Å². The Morgan fingerprint density at radius 3 is 2.70 bits per heavy atom. The molecule has 0 unspecified atom stereocenters. The molecule has 13 heteroatoms. The fourth-order valence-electron chi connectivity index (χ4n) is 4.68. The molecule has 12 nitrogen and oxygen atoms in total. The first-order chi connectivity index (χ1) is 19.4. The average Bonchev–Trinajstić information content (AvgIpc) is 3.34. The molecule has 2 aromatic heterocycles. The van der Waals surface area contributed by atoms with Crippen molar-refractivity contribution >= 4 is 44.3 Å². The molecule has 1 saturated heterocycles. The molecule has 1 fully saturated rings. The van der Waals surface area contributed by atoms with Gasteiger partial charge in [0.15, 0.2) is 11.5 Å². The fourth-order valence-corrected chi connectivity index (χ4v) is 5.06. The number of hydrogen-bond donors (Lipinski definition) is 0. The van der Waals surface area contributed by atoms with Gasteiger partial charge in [-0.25, -0.2) is 14.5 Å². The SMILES string of the molecule is COc1cc2ncnc(N(Cc3cnc([N+](=O)[O-])n3C)c3cccc(Br)c3)c2cc1OCCCN1CCOCC1. The lowest BCUT2D eigenvalue weighted by Gasteiger charge is -2.26. The largest absolute Gasteiger partial charge is 0.493 e. The number of methoxy groups -OCH3 is 1. The van der Waals surface area contributed by atoms with Crippen LogP contribution in [0.25, 0.3) is 10.9 Å². The van der Waals surface area contributed by atoms with Crippen molar-refractivity contribution < 1.29 is 19.1 Å². The molecule has 0 saturated carbocycles. The first kappa shape index (κ1) is 27.7. The summed E-state index contributed by atoms with van der Waals surface area (Å²) in [5.41, 5.74) is 2.16. The summed E-state index contributed by atoms with van der Waals surface area (Å²) in [6.45, 7) is 5.14. The predicted molar refractivity (Wildman–Crippen MR) is 153 cm³/mol. The Morgan fingerprint density at radius 2 is 1.98 bits per heavy atom. The Hall–Kier alpha value is -3.81. The van der Waals surface area contributed by atoms with Crippen LogP contribution in [-0.2, 0) is 18.3 Å². The lowest BCUT2D eigenvalue weighted by molar-refractivity contribution is -0.396. The number of rotatable bonds is 11. The van der Waals surface area contributed by atoms with E-state index < -0.39 is 4.92 Å². The number of benzene rings is 2. The molecule has 0 amide bonds. The zero-order valence-corrected chi connectivity index (χ0v) is 23.9. The van der Waals surface area contributed by atoms with E-state index in [0.717, 1.165) is 54.8 Å². The highest BCUT2D eigenvalue weighted by Gasteiger charge is 2.24. The van der Waals surface area contributed by atoms with Gasteiger partial charge in [-0.05, 0) is 35.6 Å². The van der Waals surface area contributed by atoms with Gasteiger partial charge in [0, 0.05) is 41.2 Å². The minimum Gasteiger partial charge on any atom is -0.493 e. The summed E-state index contributed by atoms with van der Waals surface area (Å²) in [5.74, 6) is 1.57. The number of nitro groups is 1. The minimum atomic E-state index is -0.498. The van der Waals surface area contributed by atoms with Crippen molar-refractivity contribution in [2.24, 2.45) is 7.05 Å². The first-order valence-electron chi connectivity index (χ1n) is 12.9. The summed E-state index contributed by atoms with van der Waals surface area (Å²) in [7, 11) is 3.23.